The number of nitrogens with two attached hydrogens (primary N) is 1. The van der Waals surface area contributed by atoms with Crippen molar-refractivity contribution in [1.29, 1.82) is 0 Å². The molecule has 1 saturated carbocycles. The van der Waals surface area contributed by atoms with Crippen LogP contribution in [-0.4, -0.2) is 40.6 Å². The Balaban J connectivity index is 0.00000257. The average molecular weight is 741 g/mol. The van der Waals surface area contributed by atoms with Crippen molar-refractivity contribution in [2.24, 2.45) is 11.7 Å². The molecule has 0 aliphatic heterocycles. The zero-order chi connectivity index (χ0) is 38.8. The quantitative estimate of drug-likeness (QED) is 0.0595. The normalized spacial score (nSPS) is 14.6. The molecule has 53 heavy (non-hydrogen) atoms. The molecule has 7 heteroatoms. The molecule has 2 unspecified atom stereocenters. The third-order valence-electron chi connectivity index (χ3n) is 10.7. The van der Waals surface area contributed by atoms with Crippen LogP contribution in [0.1, 0.15) is 212 Å². The lowest BCUT2D eigenvalue weighted by Gasteiger charge is -2.19. The predicted octanol–water partition coefficient (Wildman–Crippen LogP) is 11.6. The van der Waals surface area contributed by atoms with E-state index in [1.54, 1.807) is 0 Å². The molecule has 2 rings (SSSR count). The number of ketones is 2. The summed E-state index contributed by atoms with van der Waals surface area (Å²) in [6.45, 7) is 4.53. The van der Waals surface area contributed by atoms with Gasteiger partial charge in [0.2, 0.25) is 5.91 Å². The third-order valence-corrected chi connectivity index (χ3v) is 10.7. The van der Waals surface area contributed by atoms with Gasteiger partial charge in [-0.25, -0.2) is 4.79 Å². The molecule has 1 aromatic carbocycles. The van der Waals surface area contributed by atoms with E-state index < -0.39 is 12.0 Å². The van der Waals surface area contributed by atoms with Crippen molar-refractivity contribution >= 4 is 23.4 Å². The summed E-state index contributed by atoms with van der Waals surface area (Å²) in [5, 5.41) is 12.5. The first-order valence-electron chi connectivity index (χ1n) is 22.2. The van der Waals surface area contributed by atoms with E-state index in [-0.39, 0.29) is 42.3 Å². The van der Waals surface area contributed by atoms with Crippen LogP contribution < -0.4 is 11.1 Å². The van der Waals surface area contributed by atoms with E-state index in [1.165, 1.54) is 141 Å². The maximum atomic E-state index is 13.3. The Morgan fingerprint density at radius 2 is 1.04 bits per heavy atom. The third kappa shape index (κ3) is 29.5. The molecule has 0 spiro atoms. The molecule has 0 radical (unpaired) electrons. The minimum Gasteiger partial charge on any atom is -0.480 e. The van der Waals surface area contributed by atoms with Crippen LogP contribution in [0.2, 0.25) is 0 Å². The Bertz CT molecular complexity index is 1060. The van der Waals surface area contributed by atoms with Gasteiger partial charge in [0.1, 0.15) is 11.8 Å². The number of carboxylic acid groups (broad SMARTS) is 1. The van der Waals surface area contributed by atoms with Crippen LogP contribution in [0.3, 0.4) is 0 Å². The van der Waals surface area contributed by atoms with Gasteiger partial charge in [-0.2, -0.15) is 0 Å². The van der Waals surface area contributed by atoms with Gasteiger partial charge < -0.3 is 16.2 Å². The van der Waals surface area contributed by atoms with Gasteiger partial charge in [-0.05, 0) is 18.4 Å². The highest BCUT2D eigenvalue weighted by Crippen LogP contribution is 2.21. The number of nitrogens with one attached hydrogen (secondary N) is 1. The zero-order valence-corrected chi connectivity index (χ0v) is 34.2. The smallest absolute Gasteiger partial charge is 0.326 e. The second kappa shape index (κ2) is 34.0. The molecule has 0 bridgehead atoms. The molecule has 4 N–H and O–H groups in total. The van der Waals surface area contributed by atoms with Crippen molar-refractivity contribution in [3.63, 3.8) is 0 Å². The summed E-state index contributed by atoms with van der Waals surface area (Å²) in [5.74, 6) is -1.30. The van der Waals surface area contributed by atoms with Crippen LogP contribution in [0.15, 0.2) is 30.3 Å². The molecule has 3 atom stereocenters. The molecule has 304 valence electrons. The number of carbonyl (C=O) groups is 4. The molecule has 0 heterocycles. The fourth-order valence-electron chi connectivity index (χ4n) is 6.99. The molecule has 1 amide bonds. The van der Waals surface area contributed by atoms with Crippen molar-refractivity contribution in [3.8, 4) is 0 Å². The number of carboxylic acids is 1. The lowest BCUT2D eigenvalue weighted by molar-refractivity contribution is -0.142. The first-order chi connectivity index (χ1) is 25.8. The highest BCUT2D eigenvalue weighted by molar-refractivity contribution is 5.99. The Morgan fingerprint density at radius 1 is 0.660 bits per heavy atom. The van der Waals surface area contributed by atoms with Gasteiger partial charge in [0.25, 0.3) is 0 Å². The molecule has 1 fully saturated rings. The van der Waals surface area contributed by atoms with Gasteiger partial charge in [-0.3, -0.25) is 14.4 Å². The Labute approximate surface area is 324 Å². The van der Waals surface area contributed by atoms with E-state index in [9.17, 15) is 24.3 Å². The van der Waals surface area contributed by atoms with Crippen LogP contribution in [0, 0.1) is 5.92 Å². The number of unbranched alkanes of at least 4 members (excludes halogenated alkanes) is 24. The maximum absolute atomic E-state index is 13.3. The van der Waals surface area contributed by atoms with Gasteiger partial charge >= 0.3 is 5.97 Å². The minimum atomic E-state index is -1.04. The number of hydrogen-bond acceptors (Lipinski definition) is 5. The summed E-state index contributed by atoms with van der Waals surface area (Å²) in [5.41, 5.74) is 5.88. The maximum Gasteiger partial charge on any atom is 0.326 e. The Kier molecular flexibility index (Phi) is 31.1. The van der Waals surface area contributed by atoms with Crippen LogP contribution in [-0.2, 0) is 25.6 Å². The summed E-state index contributed by atoms with van der Waals surface area (Å²) < 4.78 is 0. The minimum absolute atomic E-state index is 0.0880. The van der Waals surface area contributed by atoms with Gasteiger partial charge in [-0.1, -0.05) is 205 Å². The van der Waals surface area contributed by atoms with Crippen LogP contribution in [0.25, 0.3) is 0 Å². The lowest BCUT2D eigenvalue weighted by atomic mass is 9.89. The van der Waals surface area contributed by atoms with Crippen LogP contribution >= 0.6 is 0 Å². The highest BCUT2D eigenvalue weighted by atomic mass is 16.4. The Hall–Kier alpha value is -2.54. The summed E-state index contributed by atoms with van der Waals surface area (Å²) in [7, 11) is 0. The molecule has 0 aromatic heterocycles. The van der Waals surface area contributed by atoms with Crippen molar-refractivity contribution in [2.75, 3.05) is 0 Å². The molecule has 0 saturated heterocycles. The summed E-state index contributed by atoms with van der Waals surface area (Å²) in [6, 6.07) is 8.30. The van der Waals surface area contributed by atoms with Gasteiger partial charge in [-0.15, -0.1) is 0 Å². The average Bonchev–Trinajstić information content (AvgIpc) is 3.82. The first-order valence-corrected chi connectivity index (χ1v) is 22.2. The van der Waals surface area contributed by atoms with E-state index in [0.717, 1.165) is 37.7 Å². The number of rotatable bonds is 35. The fraction of sp³-hybridized carbons (Fsp3) is 0.783. The fourth-order valence-corrected chi connectivity index (χ4v) is 6.99. The van der Waals surface area contributed by atoms with Gasteiger partial charge in [0.05, 0.1) is 6.04 Å². The number of hydrogen-bond donors (Lipinski definition) is 3. The second-order valence-corrected chi connectivity index (χ2v) is 15.8. The van der Waals surface area contributed by atoms with E-state index in [0.29, 0.717) is 12.8 Å². The largest absolute Gasteiger partial charge is 0.480 e. The molecular weight excluding hydrogens is 661 g/mol. The number of carbonyl (C=O) groups excluding carboxylic acids is 3. The zero-order valence-electron chi connectivity index (χ0n) is 34.2. The standard InChI is InChI=1S/C43H75NO4.C3H5NO/c1-3-5-7-9-11-13-15-17-19-21-23-25-30-34-39(37-42(46)44-40(43(47)48)36-38-32-28-27-29-33-38)41(45)35-31-26-24-22-20-18-16-14-12-10-8-6-4-2;4-2-1-3(2)5/h27-29,32-33,39-40H,3-26,30-31,34-37H2,1-2H3,(H,44,46)(H,47,48);2H,1,4H2/t39?,40-;/m0./s1. The SMILES string of the molecule is CCCCCCCCCCCCCCCC(=O)C(CCCCCCCCCCCCCCC)CC(=O)N[C@@H](Cc1ccccc1)C(=O)O.NC1CC1=O. The topological polar surface area (TPSA) is 127 Å². The molecule has 7 nitrogen and oxygen atoms in total. The number of Topliss-reactive ketones (excluding diaryl/α,β-unsaturated/α-hetero) is 2. The van der Waals surface area contributed by atoms with Crippen molar-refractivity contribution in [3.05, 3.63) is 35.9 Å². The van der Waals surface area contributed by atoms with Crippen molar-refractivity contribution in [2.45, 2.75) is 225 Å². The second-order valence-electron chi connectivity index (χ2n) is 15.8. The molecular formula is C46H80N2O5. The first kappa shape index (κ1) is 48.5. The molecule has 1 aromatic rings. The number of benzene rings is 1. The van der Waals surface area contributed by atoms with Gasteiger partial charge in [0, 0.05) is 31.6 Å². The van der Waals surface area contributed by atoms with Crippen LogP contribution in [0.5, 0.6) is 0 Å². The van der Waals surface area contributed by atoms with Crippen molar-refractivity contribution < 1.29 is 24.3 Å². The Morgan fingerprint density at radius 3 is 1.42 bits per heavy atom. The van der Waals surface area contributed by atoms with Crippen molar-refractivity contribution in [1.82, 2.24) is 5.32 Å². The van der Waals surface area contributed by atoms with E-state index >= 15 is 0 Å². The highest BCUT2D eigenvalue weighted by Gasteiger charge is 2.29. The van der Waals surface area contributed by atoms with Gasteiger partial charge in [0.15, 0.2) is 5.78 Å². The number of amides is 1. The predicted molar refractivity (Wildman–Crippen MR) is 221 cm³/mol. The van der Waals surface area contributed by atoms with E-state index in [2.05, 4.69) is 19.2 Å². The monoisotopic (exact) mass is 741 g/mol. The summed E-state index contributed by atoms with van der Waals surface area (Å²) >= 11 is 0. The van der Waals surface area contributed by atoms with E-state index in [4.69, 9.17) is 5.73 Å². The molecule has 1 aliphatic rings. The number of aliphatic carboxylic acids is 1. The summed E-state index contributed by atoms with van der Waals surface area (Å²) in [4.78, 5) is 48.1. The molecule has 1 aliphatic carbocycles. The lowest BCUT2D eigenvalue weighted by Crippen LogP contribution is -2.43. The van der Waals surface area contributed by atoms with E-state index in [1.807, 2.05) is 30.3 Å². The summed E-state index contributed by atoms with van der Waals surface area (Å²) in [6.07, 6.45) is 35.3. The van der Waals surface area contributed by atoms with Crippen LogP contribution in [0.4, 0.5) is 0 Å².